The van der Waals surface area contributed by atoms with E-state index in [1.54, 1.807) is 0 Å². The first-order valence-electron chi connectivity index (χ1n) is 7.60. The molecule has 0 fully saturated rings. The highest BCUT2D eigenvalue weighted by atomic mass is 16.5. The molecule has 0 aromatic carbocycles. The molecule has 116 valence electrons. The third-order valence-electron chi connectivity index (χ3n) is 4.24. The molecule has 0 aliphatic carbocycles. The zero-order valence-electron chi connectivity index (χ0n) is 14.0. The molecule has 0 aromatic heterocycles. The van der Waals surface area contributed by atoms with E-state index < -0.39 is 0 Å². The lowest BCUT2D eigenvalue weighted by Crippen LogP contribution is -2.30. The van der Waals surface area contributed by atoms with Crippen LogP contribution in [0.3, 0.4) is 0 Å². The summed E-state index contributed by atoms with van der Waals surface area (Å²) in [6.07, 6.45) is 2.09. The Bertz CT molecular complexity index is 204. The predicted molar refractivity (Wildman–Crippen MR) is 84.1 cm³/mol. The summed E-state index contributed by atoms with van der Waals surface area (Å²) in [4.78, 5) is 0. The molecule has 0 heterocycles. The highest BCUT2D eigenvalue weighted by Crippen LogP contribution is 2.29. The monoisotopic (exact) mass is 272 g/mol. The van der Waals surface area contributed by atoms with Crippen molar-refractivity contribution in [3.63, 3.8) is 0 Å². The second-order valence-corrected chi connectivity index (χ2v) is 7.79. The van der Waals surface area contributed by atoms with E-state index >= 15 is 0 Å². The van der Waals surface area contributed by atoms with Crippen molar-refractivity contribution < 1.29 is 4.74 Å². The fourth-order valence-corrected chi connectivity index (χ4v) is 2.36. The average molecular weight is 272 g/mol. The van der Waals surface area contributed by atoms with Crippen molar-refractivity contribution >= 4 is 0 Å². The van der Waals surface area contributed by atoms with E-state index in [0.29, 0.717) is 11.8 Å². The van der Waals surface area contributed by atoms with E-state index in [0.717, 1.165) is 39.1 Å². The van der Waals surface area contributed by atoms with Crippen LogP contribution in [-0.2, 0) is 4.74 Å². The third-order valence-corrected chi connectivity index (χ3v) is 4.24. The van der Waals surface area contributed by atoms with Gasteiger partial charge in [0, 0.05) is 13.2 Å². The summed E-state index contributed by atoms with van der Waals surface area (Å²) in [6.45, 7) is 16.6. The Hall–Kier alpha value is -0.120. The largest absolute Gasteiger partial charge is 0.381 e. The Morgan fingerprint density at radius 3 is 1.26 bits per heavy atom. The van der Waals surface area contributed by atoms with Crippen molar-refractivity contribution in [3.8, 4) is 0 Å². The van der Waals surface area contributed by atoms with Crippen LogP contribution >= 0.6 is 0 Å². The van der Waals surface area contributed by atoms with E-state index in [9.17, 15) is 0 Å². The number of ether oxygens (including phenoxy) is 1. The van der Waals surface area contributed by atoms with Crippen molar-refractivity contribution in [2.24, 2.45) is 34.1 Å². The SMILES string of the molecule is CC(C)(C)C(CN)CCOCCC(CN)C(C)(C)C. The van der Waals surface area contributed by atoms with Crippen molar-refractivity contribution in [3.05, 3.63) is 0 Å². The normalized spacial score (nSPS) is 16.4. The molecule has 0 rings (SSSR count). The van der Waals surface area contributed by atoms with Crippen LogP contribution in [-0.4, -0.2) is 26.3 Å². The van der Waals surface area contributed by atoms with Crippen LogP contribution in [0, 0.1) is 22.7 Å². The molecule has 0 aromatic rings. The molecule has 3 heteroatoms. The van der Waals surface area contributed by atoms with Gasteiger partial charge in [-0.05, 0) is 48.6 Å². The van der Waals surface area contributed by atoms with E-state index in [4.69, 9.17) is 16.2 Å². The van der Waals surface area contributed by atoms with Crippen LogP contribution in [0.15, 0.2) is 0 Å². The fraction of sp³-hybridized carbons (Fsp3) is 1.00. The minimum Gasteiger partial charge on any atom is -0.381 e. The highest BCUT2D eigenvalue weighted by Gasteiger charge is 2.24. The van der Waals surface area contributed by atoms with Gasteiger partial charge in [0.2, 0.25) is 0 Å². The zero-order chi connectivity index (χ0) is 15.1. The summed E-state index contributed by atoms with van der Waals surface area (Å²) in [7, 11) is 0. The first kappa shape index (κ1) is 18.9. The second-order valence-electron chi connectivity index (χ2n) is 7.79. The van der Waals surface area contributed by atoms with Crippen molar-refractivity contribution in [1.29, 1.82) is 0 Å². The van der Waals surface area contributed by atoms with Gasteiger partial charge >= 0.3 is 0 Å². The van der Waals surface area contributed by atoms with Crippen LogP contribution < -0.4 is 11.5 Å². The van der Waals surface area contributed by atoms with E-state index in [1.165, 1.54) is 0 Å². The molecule has 0 saturated carbocycles. The Balaban J connectivity index is 3.87. The van der Waals surface area contributed by atoms with Gasteiger partial charge in [-0.1, -0.05) is 41.5 Å². The molecular formula is C16H36N2O. The van der Waals surface area contributed by atoms with Gasteiger partial charge < -0.3 is 16.2 Å². The molecular weight excluding hydrogens is 236 g/mol. The third kappa shape index (κ3) is 7.91. The van der Waals surface area contributed by atoms with Crippen LogP contribution in [0.2, 0.25) is 0 Å². The van der Waals surface area contributed by atoms with Crippen molar-refractivity contribution in [2.75, 3.05) is 26.3 Å². The Morgan fingerprint density at radius 1 is 0.737 bits per heavy atom. The van der Waals surface area contributed by atoms with Gasteiger partial charge in [0.05, 0.1) is 0 Å². The maximum atomic E-state index is 5.83. The lowest BCUT2D eigenvalue weighted by molar-refractivity contribution is 0.0771. The molecule has 0 amide bonds. The Morgan fingerprint density at radius 2 is 1.05 bits per heavy atom. The summed E-state index contributed by atoms with van der Waals surface area (Å²) >= 11 is 0. The van der Waals surface area contributed by atoms with Crippen LogP contribution in [0.1, 0.15) is 54.4 Å². The topological polar surface area (TPSA) is 61.3 Å². The predicted octanol–water partition coefficient (Wildman–Crippen LogP) is 3.03. The standard InChI is InChI=1S/C16H36N2O/c1-15(2,3)13(11-17)7-9-19-10-8-14(12-18)16(4,5)6/h13-14H,7-12,17-18H2,1-6H3. The Kier molecular flexibility index (Phi) is 8.18. The first-order valence-corrected chi connectivity index (χ1v) is 7.60. The van der Waals surface area contributed by atoms with Gasteiger partial charge in [-0.25, -0.2) is 0 Å². The van der Waals surface area contributed by atoms with E-state index in [1.807, 2.05) is 0 Å². The first-order chi connectivity index (χ1) is 8.62. The zero-order valence-corrected chi connectivity index (χ0v) is 14.0. The lowest BCUT2D eigenvalue weighted by Gasteiger charge is -2.30. The molecule has 0 spiro atoms. The van der Waals surface area contributed by atoms with Gasteiger partial charge in [0.1, 0.15) is 0 Å². The minimum atomic E-state index is 0.267. The summed E-state index contributed by atoms with van der Waals surface area (Å²) < 4.78 is 5.78. The maximum absolute atomic E-state index is 5.83. The van der Waals surface area contributed by atoms with Crippen LogP contribution in [0.4, 0.5) is 0 Å². The van der Waals surface area contributed by atoms with Gasteiger partial charge in [-0.15, -0.1) is 0 Å². The maximum Gasteiger partial charge on any atom is 0.0469 e. The molecule has 2 unspecified atom stereocenters. The van der Waals surface area contributed by atoms with Crippen LogP contribution in [0.25, 0.3) is 0 Å². The van der Waals surface area contributed by atoms with Crippen molar-refractivity contribution in [1.82, 2.24) is 0 Å². The average Bonchev–Trinajstić information content (AvgIpc) is 2.24. The van der Waals surface area contributed by atoms with Crippen LogP contribution in [0.5, 0.6) is 0 Å². The molecule has 0 aliphatic heterocycles. The molecule has 4 N–H and O–H groups in total. The van der Waals surface area contributed by atoms with Crippen molar-refractivity contribution in [2.45, 2.75) is 54.4 Å². The van der Waals surface area contributed by atoms with Gasteiger partial charge in [0.25, 0.3) is 0 Å². The lowest BCUT2D eigenvalue weighted by atomic mass is 9.79. The highest BCUT2D eigenvalue weighted by molar-refractivity contribution is 4.75. The second kappa shape index (κ2) is 8.23. The van der Waals surface area contributed by atoms with E-state index in [-0.39, 0.29) is 10.8 Å². The fourth-order valence-electron chi connectivity index (χ4n) is 2.36. The molecule has 0 aliphatic rings. The van der Waals surface area contributed by atoms with Gasteiger partial charge in [-0.2, -0.15) is 0 Å². The number of hydrogen-bond acceptors (Lipinski definition) is 3. The van der Waals surface area contributed by atoms with Gasteiger partial charge in [0.15, 0.2) is 0 Å². The number of hydrogen-bond donors (Lipinski definition) is 2. The van der Waals surface area contributed by atoms with E-state index in [2.05, 4.69) is 41.5 Å². The summed E-state index contributed by atoms with van der Waals surface area (Å²) in [6, 6.07) is 0. The molecule has 0 radical (unpaired) electrons. The molecule has 19 heavy (non-hydrogen) atoms. The quantitative estimate of drug-likeness (QED) is 0.668. The summed E-state index contributed by atoms with van der Waals surface area (Å²) in [5.41, 5.74) is 12.2. The molecule has 0 saturated heterocycles. The minimum absolute atomic E-state index is 0.267. The summed E-state index contributed by atoms with van der Waals surface area (Å²) in [5, 5.41) is 0. The number of nitrogens with two attached hydrogens (primary N) is 2. The Labute approximate surface area is 120 Å². The van der Waals surface area contributed by atoms with Gasteiger partial charge in [-0.3, -0.25) is 0 Å². The smallest absolute Gasteiger partial charge is 0.0469 e. The molecule has 2 atom stereocenters. The molecule has 3 nitrogen and oxygen atoms in total. The number of rotatable bonds is 8. The molecule has 0 bridgehead atoms. The summed E-state index contributed by atoms with van der Waals surface area (Å²) in [5.74, 6) is 1.06.